The third-order valence-electron chi connectivity index (χ3n) is 7.29. The van der Waals surface area contributed by atoms with E-state index in [1.165, 1.54) is 148 Å². The van der Waals surface area contributed by atoms with Crippen molar-refractivity contribution in [2.75, 3.05) is 0 Å². The van der Waals surface area contributed by atoms with E-state index in [2.05, 4.69) is 20.8 Å². The van der Waals surface area contributed by atoms with Crippen molar-refractivity contribution in [1.29, 1.82) is 0 Å². The van der Waals surface area contributed by atoms with Crippen LogP contribution in [0.5, 0.6) is 0 Å². The fraction of sp³-hybridized carbons (Fsp3) is 0.969. The Balaban J connectivity index is 3.97. The van der Waals surface area contributed by atoms with Crippen LogP contribution in [0.25, 0.3) is 0 Å². The van der Waals surface area contributed by atoms with Gasteiger partial charge in [0.25, 0.3) is 0 Å². The van der Waals surface area contributed by atoms with Crippen LogP contribution < -0.4 is 0 Å². The lowest BCUT2D eigenvalue weighted by Crippen LogP contribution is -2.18. The quantitative estimate of drug-likeness (QED) is 0.0821. The minimum absolute atomic E-state index is 0.0647. The van der Waals surface area contributed by atoms with Crippen molar-refractivity contribution in [3.63, 3.8) is 0 Å². The fourth-order valence-electron chi connectivity index (χ4n) is 4.92. The van der Waals surface area contributed by atoms with Crippen LogP contribution >= 0.6 is 0 Å². The van der Waals surface area contributed by atoms with E-state index < -0.39 is 0 Å². The minimum Gasteiger partial charge on any atom is -0.462 e. The monoisotopic (exact) mass is 480 g/mol. The molecule has 0 fully saturated rings. The first-order valence-corrected chi connectivity index (χ1v) is 15.9. The van der Waals surface area contributed by atoms with E-state index in [9.17, 15) is 4.79 Å². The molecule has 0 amide bonds. The Kier molecular flexibility index (Phi) is 28.3. The Morgan fingerprint density at radius 3 is 1.09 bits per heavy atom. The molecule has 0 heterocycles. The van der Waals surface area contributed by atoms with Crippen LogP contribution in [0.2, 0.25) is 0 Å². The molecule has 0 aromatic rings. The summed E-state index contributed by atoms with van der Waals surface area (Å²) >= 11 is 0. The van der Waals surface area contributed by atoms with Gasteiger partial charge in [-0.05, 0) is 32.1 Å². The summed E-state index contributed by atoms with van der Waals surface area (Å²) in [6.07, 6.45) is 34.7. The van der Waals surface area contributed by atoms with Crippen molar-refractivity contribution >= 4 is 5.97 Å². The van der Waals surface area contributed by atoms with Gasteiger partial charge >= 0.3 is 5.97 Å². The molecule has 0 aromatic heterocycles. The van der Waals surface area contributed by atoms with Crippen LogP contribution in [0.15, 0.2) is 0 Å². The van der Waals surface area contributed by atoms with Gasteiger partial charge < -0.3 is 4.74 Å². The molecule has 0 aliphatic rings. The molecule has 0 saturated carbocycles. The van der Waals surface area contributed by atoms with Gasteiger partial charge in [0.1, 0.15) is 6.10 Å². The third-order valence-corrected chi connectivity index (χ3v) is 7.29. The number of esters is 1. The molecular formula is C32H64O2. The van der Waals surface area contributed by atoms with Gasteiger partial charge in [-0.25, -0.2) is 0 Å². The molecule has 0 aromatic carbocycles. The first-order chi connectivity index (χ1) is 16.7. The third kappa shape index (κ3) is 26.1. The molecule has 1 atom stereocenters. The van der Waals surface area contributed by atoms with Crippen molar-refractivity contribution in [2.45, 2.75) is 200 Å². The molecular weight excluding hydrogens is 416 g/mol. The van der Waals surface area contributed by atoms with Crippen LogP contribution in [-0.2, 0) is 9.53 Å². The maximum absolute atomic E-state index is 12.5. The average Bonchev–Trinajstić information content (AvgIpc) is 2.83. The SMILES string of the molecule is CCCCCCCCCCCC(=O)OC(CCCCCCCC)CCCCCCCCCCC. The highest BCUT2D eigenvalue weighted by Crippen LogP contribution is 2.18. The van der Waals surface area contributed by atoms with Crippen LogP contribution in [0, 0.1) is 0 Å². The molecule has 0 bridgehead atoms. The molecule has 2 heteroatoms. The van der Waals surface area contributed by atoms with Gasteiger partial charge in [0.2, 0.25) is 0 Å². The highest BCUT2D eigenvalue weighted by Gasteiger charge is 2.14. The normalized spacial score (nSPS) is 12.2. The Morgan fingerprint density at radius 1 is 0.441 bits per heavy atom. The zero-order valence-corrected chi connectivity index (χ0v) is 24.0. The number of ether oxygens (including phenoxy) is 1. The van der Waals surface area contributed by atoms with Crippen LogP contribution in [0.3, 0.4) is 0 Å². The van der Waals surface area contributed by atoms with Gasteiger partial charge in [0.15, 0.2) is 0 Å². The van der Waals surface area contributed by atoms with E-state index >= 15 is 0 Å². The molecule has 0 aliphatic heterocycles. The Morgan fingerprint density at radius 2 is 0.735 bits per heavy atom. The molecule has 0 spiro atoms. The maximum Gasteiger partial charge on any atom is 0.306 e. The molecule has 0 saturated heterocycles. The van der Waals surface area contributed by atoms with E-state index in [1.54, 1.807) is 0 Å². The second-order valence-corrected chi connectivity index (χ2v) is 10.9. The standard InChI is InChI=1S/C32H64O2/c1-4-7-10-13-16-18-20-23-26-29-31(28-25-22-15-12-9-6-3)34-32(33)30-27-24-21-19-17-14-11-8-5-2/h31H,4-30H2,1-3H3. The zero-order chi connectivity index (χ0) is 25.0. The first kappa shape index (κ1) is 33.5. The fourth-order valence-corrected chi connectivity index (χ4v) is 4.92. The molecule has 34 heavy (non-hydrogen) atoms. The van der Waals surface area contributed by atoms with Gasteiger partial charge in [-0.3, -0.25) is 4.79 Å². The summed E-state index contributed by atoms with van der Waals surface area (Å²) in [4.78, 5) is 12.5. The largest absolute Gasteiger partial charge is 0.462 e. The lowest BCUT2D eigenvalue weighted by molar-refractivity contribution is -0.150. The second kappa shape index (κ2) is 28.7. The van der Waals surface area contributed by atoms with E-state index in [0.29, 0.717) is 6.42 Å². The number of hydrogen-bond acceptors (Lipinski definition) is 2. The zero-order valence-electron chi connectivity index (χ0n) is 24.0. The van der Waals surface area contributed by atoms with E-state index in [1.807, 2.05) is 0 Å². The number of carbonyl (C=O) groups is 1. The van der Waals surface area contributed by atoms with E-state index in [0.717, 1.165) is 19.3 Å². The predicted octanol–water partition coefficient (Wildman–Crippen LogP) is 11.5. The van der Waals surface area contributed by atoms with E-state index in [4.69, 9.17) is 4.74 Å². The Hall–Kier alpha value is -0.530. The Bertz CT molecular complexity index is 392. The molecule has 0 aliphatic carbocycles. The number of unbranched alkanes of at least 4 members (excludes halogenated alkanes) is 21. The summed E-state index contributed by atoms with van der Waals surface area (Å²) in [5, 5.41) is 0. The van der Waals surface area contributed by atoms with E-state index in [-0.39, 0.29) is 12.1 Å². The van der Waals surface area contributed by atoms with Gasteiger partial charge in [-0.15, -0.1) is 0 Å². The average molecular weight is 481 g/mol. The molecule has 1 unspecified atom stereocenters. The van der Waals surface area contributed by atoms with Gasteiger partial charge in [0, 0.05) is 6.42 Å². The highest BCUT2D eigenvalue weighted by atomic mass is 16.5. The minimum atomic E-state index is 0.0647. The first-order valence-electron chi connectivity index (χ1n) is 15.9. The lowest BCUT2D eigenvalue weighted by atomic mass is 10.0. The number of rotatable bonds is 28. The van der Waals surface area contributed by atoms with Crippen molar-refractivity contribution in [1.82, 2.24) is 0 Å². The van der Waals surface area contributed by atoms with Crippen molar-refractivity contribution in [3.05, 3.63) is 0 Å². The molecule has 0 rings (SSSR count). The van der Waals surface area contributed by atoms with Crippen molar-refractivity contribution in [2.24, 2.45) is 0 Å². The summed E-state index contributed by atoms with van der Waals surface area (Å²) < 4.78 is 5.98. The van der Waals surface area contributed by atoms with Crippen LogP contribution in [-0.4, -0.2) is 12.1 Å². The summed E-state index contributed by atoms with van der Waals surface area (Å²) in [5.41, 5.74) is 0. The summed E-state index contributed by atoms with van der Waals surface area (Å²) in [6.45, 7) is 6.83. The smallest absolute Gasteiger partial charge is 0.306 e. The highest BCUT2D eigenvalue weighted by molar-refractivity contribution is 5.69. The maximum atomic E-state index is 12.5. The van der Waals surface area contributed by atoms with Crippen molar-refractivity contribution in [3.8, 4) is 0 Å². The number of hydrogen-bond donors (Lipinski definition) is 0. The summed E-state index contributed by atoms with van der Waals surface area (Å²) in [5.74, 6) is 0.0647. The molecule has 2 nitrogen and oxygen atoms in total. The lowest BCUT2D eigenvalue weighted by Gasteiger charge is -2.18. The second-order valence-electron chi connectivity index (χ2n) is 10.9. The molecule has 204 valence electrons. The van der Waals surface area contributed by atoms with Gasteiger partial charge in [-0.1, -0.05) is 156 Å². The Labute approximate surface area is 215 Å². The topological polar surface area (TPSA) is 26.3 Å². The number of carbonyl (C=O) groups excluding carboxylic acids is 1. The van der Waals surface area contributed by atoms with Gasteiger partial charge in [0.05, 0.1) is 0 Å². The summed E-state index contributed by atoms with van der Waals surface area (Å²) in [6, 6.07) is 0. The van der Waals surface area contributed by atoms with Crippen molar-refractivity contribution < 1.29 is 9.53 Å². The predicted molar refractivity (Wildman–Crippen MR) is 152 cm³/mol. The van der Waals surface area contributed by atoms with Gasteiger partial charge in [-0.2, -0.15) is 0 Å². The van der Waals surface area contributed by atoms with Crippen LogP contribution in [0.4, 0.5) is 0 Å². The summed E-state index contributed by atoms with van der Waals surface area (Å²) in [7, 11) is 0. The molecule has 0 N–H and O–H groups in total. The van der Waals surface area contributed by atoms with Crippen LogP contribution in [0.1, 0.15) is 194 Å². The molecule has 0 radical (unpaired) electrons.